The number of methoxy groups -OCH3 is 2. The van der Waals surface area contributed by atoms with Gasteiger partial charge in [0, 0.05) is 0 Å². The SMILES string of the molecule is CO/N=C/[C@H](F)[C@H](OCc1ccc(OC)cc1)[C@@H](Br)COCc1ccc(OC)cc1. The lowest BCUT2D eigenvalue weighted by Crippen LogP contribution is -2.37. The van der Waals surface area contributed by atoms with E-state index in [2.05, 4.69) is 25.9 Å². The van der Waals surface area contributed by atoms with Crippen LogP contribution in [0, 0.1) is 0 Å². The largest absolute Gasteiger partial charge is 0.497 e. The highest BCUT2D eigenvalue weighted by molar-refractivity contribution is 9.09. The van der Waals surface area contributed by atoms with E-state index in [4.69, 9.17) is 18.9 Å². The quantitative estimate of drug-likeness (QED) is 0.238. The fourth-order valence-corrected chi connectivity index (χ4v) is 3.25. The summed E-state index contributed by atoms with van der Waals surface area (Å²) in [6, 6.07) is 15.0. The summed E-state index contributed by atoms with van der Waals surface area (Å²) in [5.74, 6) is 1.53. The zero-order chi connectivity index (χ0) is 21.8. The molecule has 2 rings (SSSR count). The summed E-state index contributed by atoms with van der Waals surface area (Å²) in [6.45, 7) is 0.872. The smallest absolute Gasteiger partial charge is 0.166 e. The van der Waals surface area contributed by atoms with Crippen LogP contribution in [0.25, 0.3) is 0 Å². The third kappa shape index (κ3) is 7.93. The molecule has 0 amide bonds. The first-order valence-corrected chi connectivity index (χ1v) is 10.3. The lowest BCUT2D eigenvalue weighted by atomic mass is 10.1. The highest BCUT2D eigenvalue weighted by atomic mass is 79.9. The fourth-order valence-electron chi connectivity index (χ4n) is 2.62. The van der Waals surface area contributed by atoms with Crippen molar-refractivity contribution in [3.05, 3.63) is 59.7 Å². The number of rotatable bonds is 13. The van der Waals surface area contributed by atoms with Gasteiger partial charge in [-0.25, -0.2) is 4.39 Å². The molecule has 0 N–H and O–H groups in total. The van der Waals surface area contributed by atoms with E-state index in [0.29, 0.717) is 6.61 Å². The monoisotopic (exact) mass is 483 g/mol. The van der Waals surface area contributed by atoms with E-state index >= 15 is 0 Å². The molecule has 0 bridgehead atoms. The molecular weight excluding hydrogens is 457 g/mol. The Balaban J connectivity index is 1.92. The van der Waals surface area contributed by atoms with Gasteiger partial charge in [0.15, 0.2) is 6.17 Å². The Labute approximate surface area is 185 Å². The number of ether oxygens (including phenoxy) is 4. The van der Waals surface area contributed by atoms with Gasteiger partial charge in [0.05, 0.1) is 45.1 Å². The van der Waals surface area contributed by atoms with Gasteiger partial charge < -0.3 is 23.8 Å². The number of benzene rings is 2. The van der Waals surface area contributed by atoms with Crippen LogP contribution in [-0.2, 0) is 27.5 Å². The molecule has 8 heteroatoms. The molecule has 0 aromatic heterocycles. The lowest BCUT2D eigenvalue weighted by molar-refractivity contribution is -0.0104. The van der Waals surface area contributed by atoms with Gasteiger partial charge in [-0.1, -0.05) is 45.4 Å². The Bertz CT molecular complexity index is 757. The highest BCUT2D eigenvalue weighted by Crippen LogP contribution is 2.20. The number of oxime groups is 1. The van der Waals surface area contributed by atoms with Crippen LogP contribution in [0.3, 0.4) is 0 Å². The zero-order valence-electron chi connectivity index (χ0n) is 17.3. The predicted octanol–water partition coefficient (Wildman–Crippen LogP) is 4.54. The average molecular weight is 484 g/mol. The number of hydrogen-bond acceptors (Lipinski definition) is 6. The maximum Gasteiger partial charge on any atom is 0.166 e. The Morgan fingerprint density at radius 1 is 0.900 bits per heavy atom. The van der Waals surface area contributed by atoms with Crippen LogP contribution >= 0.6 is 15.9 Å². The molecule has 0 aliphatic rings. The molecule has 2 aromatic rings. The minimum atomic E-state index is -1.47. The van der Waals surface area contributed by atoms with Crippen molar-refractivity contribution in [2.75, 3.05) is 27.9 Å². The average Bonchev–Trinajstić information content (AvgIpc) is 2.78. The third-order valence-corrected chi connectivity index (χ3v) is 5.07. The minimum absolute atomic E-state index is 0.233. The summed E-state index contributed by atoms with van der Waals surface area (Å²) in [5, 5.41) is 3.53. The van der Waals surface area contributed by atoms with E-state index in [9.17, 15) is 4.39 Å². The molecule has 0 aliphatic carbocycles. The Morgan fingerprint density at radius 3 is 1.93 bits per heavy atom. The van der Waals surface area contributed by atoms with E-state index in [1.54, 1.807) is 14.2 Å². The van der Waals surface area contributed by atoms with E-state index in [-0.39, 0.29) is 13.2 Å². The minimum Gasteiger partial charge on any atom is -0.497 e. The topological polar surface area (TPSA) is 58.5 Å². The van der Waals surface area contributed by atoms with Crippen molar-refractivity contribution in [2.45, 2.75) is 30.3 Å². The van der Waals surface area contributed by atoms with Gasteiger partial charge in [-0.2, -0.15) is 0 Å². The molecule has 3 atom stereocenters. The van der Waals surface area contributed by atoms with Gasteiger partial charge in [0.1, 0.15) is 24.7 Å². The number of nitrogens with zero attached hydrogens (tertiary/aromatic N) is 1. The second-order valence-electron chi connectivity index (χ2n) is 6.38. The van der Waals surface area contributed by atoms with Crippen molar-refractivity contribution in [1.82, 2.24) is 0 Å². The lowest BCUT2D eigenvalue weighted by Gasteiger charge is -2.24. The molecule has 0 fully saturated rings. The van der Waals surface area contributed by atoms with Crippen LogP contribution in [0.1, 0.15) is 11.1 Å². The molecule has 0 radical (unpaired) electrons. The van der Waals surface area contributed by atoms with Gasteiger partial charge >= 0.3 is 0 Å². The van der Waals surface area contributed by atoms with Crippen LogP contribution < -0.4 is 9.47 Å². The van der Waals surface area contributed by atoms with Crippen molar-refractivity contribution in [3.8, 4) is 11.5 Å². The first-order chi connectivity index (χ1) is 14.6. The van der Waals surface area contributed by atoms with E-state index in [1.807, 2.05) is 48.5 Å². The molecular formula is C22H27BrFNO5. The number of halogens is 2. The normalized spacial score (nSPS) is 14.3. The first-order valence-electron chi connectivity index (χ1n) is 9.37. The number of alkyl halides is 2. The van der Waals surface area contributed by atoms with E-state index < -0.39 is 17.1 Å². The molecule has 164 valence electrons. The molecule has 0 heterocycles. The van der Waals surface area contributed by atoms with Crippen LogP contribution in [0.5, 0.6) is 11.5 Å². The van der Waals surface area contributed by atoms with Gasteiger partial charge in [-0.3, -0.25) is 0 Å². The van der Waals surface area contributed by atoms with Gasteiger partial charge in [0.2, 0.25) is 0 Å². The van der Waals surface area contributed by atoms with Gasteiger partial charge in [-0.15, -0.1) is 0 Å². The second-order valence-corrected chi connectivity index (χ2v) is 7.56. The molecule has 2 aromatic carbocycles. The zero-order valence-corrected chi connectivity index (χ0v) is 18.9. The summed E-state index contributed by atoms with van der Waals surface area (Å²) in [5.41, 5.74) is 1.89. The maximum absolute atomic E-state index is 14.7. The van der Waals surface area contributed by atoms with Crippen LogP contribution in [0.4, 0.5) is 4.39 Å². The molecule has 30 heavy (non-hydrogen) atoms. The molecule has 6 nitrogen and oxygen atoms in total. The van der Waals surface area contributed by atoms with Crippen LogP contribution in [-0.4, -0.2) is 51.3 Å². The standard InChI is InChI=1S/C22H27BrFNO5/c1-26-18-8-4-16(5-9-18)13-29-15-20(23)22(21(24)12-25-28-3)30-14-17-6-10-19(27-2)11-7-17/h4-12,20-22H,13-15H2,1-3H3/b25-12+/t20-,21-,22+/m0/s1. The molecule has 0 spiro atoms. The second kappa shape index (κ2) is 13.2. The molecule has 0 saturated carbocycles. The highest BCUT2D eigenvalue weighted by Gasteiger charge is 2.28. The van der Waals surface area contributed by atoms with E-state index in [1.165, 1.54) is 7.11 Å². The summed E-state index contributed by atoms with van der Waals surface area (Å²) >= 11 is 3.50. The van der Waals surface area contributed by atoms with Crippen LogP contribution in [0.15, 0.2) is 53.7 Å². The van der Waals surface area contributed by atoms with Crippen molar-refractivity contribution in [3.63, 3.8) is 0 Å². The third-order valence-electron chi connectivity index (χ3n) is 4.29. The number of hydrogen-bond donors (Lipinski definition) is 0. The molecule has 0 saturated heterocycles. The Kier molecular flexibility index (Phi) is 10.6. The Morgan fingerprint density at radius 2 is 1.43 bits per heavy atom. The maximum atomic E-state index is 14.7. The summed E-state index contributed by atoms with van der Waals surface area (Å²) in [6.07, 6.45) is -1.21. The van der Waals surface area contributed by atoms with Crippen molar-refractivity contribution < 1.29 is 28.2 Å². The molecule has 0 unspecified atom stereocenters. The van der Waals surface area contributed by atoms with Gasteiger partial charge in [-0.05, 0) is 35.4 Å². The fraction of sp³-hybridized carbons (Fsp3) is 0.409. The molecule has 0 aliphatic heterocycles. The predicted molar refractivity (Wildman–Crippen MR) is 117 cm³/mol. The van der Waals surface area contributed by atoms with Crippen molar-refractivity contribution in [1.29, 1.82) is 0 Å². The van der Waals surface area contributed by atoms with Crippen LogP contribution in [0.2, 0.25) is 0 Å². The summed E-state index contributed by atoms with van der Waals surface area (Å²) < 4.78 is 36.6. The van der Waals surface area contributed by atoms with Crippen molar-refractivity contribution in [2.24, 2.45) is 5.16 Å². The summed E-state index contributed by atoms with van der Waals surface area (Å²) in [7, 11) is 4.58. The first kappa shape index (κ1) is 24.1. The van der Waals surface area contributed by atoms with Gasteiger partial charge in [0.25, 0.3) is 0 Å². The summed E-state index contributed by atoms with van der Waals surface area (Å²) in [4.78, 5) is 4.20. The van der Waals surface area contributed by atoms with E-state index in [0.717, 1.165) is 28.8 Å². The van der Waals surface area contributed by atoms with Crippen molar-refractivity contribution >= 4 is 22.1 Å². The Hall–Kier alpha value is -2.16.